The number of nitrogens with zero attached hydrogens (tertiary/aromatic N) is 1. The van der Waals surface area contributed by atoms with Crippen molar-refractivity contribution in [3.8, 4) is 0 Å². The first-order valence-corrected chi connectivity index (χ1v) is 7.78. The summed E-state index contributed by atoms with van der Waals surface area (Å²) in [4.78, 5) is 25.7. The number of hydrogen-bond donors (Lipinski definition) is 1. The van der Waals surface area contributed by atoms with Gasteiger partial charge in [0, 0.05) is 18.5 Å². The Bertz CT molecular complexity index is 473. The van der Waals surface area contributed by atoms with Crippen LogP contribution in [-0.2, 0) is 9.53 Å². The fourth-order valence-corrected chi connectivity index (χ4v) is 2.17. The second-order valence-electron chi connectivity index (χ2n) is 6.09. The van der Waals surface area contributed by atoms with E-state index in [9.17, 15) is 23.5 Å². The van der Waals surface area contributed by atoms with Crippen LogP contribution in [0.1, 0.15) is 34.1 Å². The Kier molecular flexibility index (Phi) is 8.26. The Morgan fingerprint density at radius 2 is 1.75 bits per heavy atom. The normalized spacial score (nSPS) is 14.5. The number of alkyl halides is 2. The van der Waals surface area contributed by atoms with Crippen LogP contribution in [0.15, 0.2) is 25.3 Å². The van der Waals surface area contributed by atoms with Crippen molar-refractivity contribution in [1.29, 1.82) is 0 Å². The number of allylic oxidation sites excluding steroid dienone is 1. The van der Waals surface area contributed by atoms with Crippen LogP contribution in [0.2, 0.25) is 0 Å². The first kappa shape index (κ1) is 22.2. The number of ketones is 1. The van der Waals surface area contributed by atoms with Gasteiger partial charge in [-0.2, -0.15) is 8.78 Å². The first-order chi connectivity index (χ1) is 11.0. The molecule has 0 aromatic rings. The molecule has 138 valence electrons. The van der Waals surface area contributed by atoms with Gasteiger partial charge in [0.05, 0.1) is 0 Å². The number of carbonyl (C=O) groups is 2. The molecule has 5 nitrogen and oxygen atoms in total. The molecule has 0 fully saturated rings. The van der Waals surface area contributed by atoms with Gasteiger partial charge in [-0.05, 0) is 20.3 Å². The average Bonchev–Trinajstić information content (AvgIpc) is 2.51. The fraction of sp³-hybridized carbons (Fsp3) is 0.647. The lowest BCUT2D eigenvalue weighted by Gasteiger charge is -2.35. The van der Waals surface area contributed by atoms with Crippen molar-refractivity contribution in [2.45, 2.75) is 52.2 Å². The number of aliphatic hydroxyl groups excluding tert-OH is 1. The molecule has 0 aromatic heterocycles. The topological polar surface area (TPSA) is 66.8 Å². The van der Waals surface area contributed by atoms with Crippen molar-refractivity contribution in [2.24, 2.45) is 5.41 Å². The second-order valence-corrected chi connectivity index (χ2v) is 6.09. The third-order valence-corrected chi connectivity index (χ3v) is 3.78. The monoisotopic (exact) mass is 347 g/mol. The van der Waals surface area contributed by atoms with Gasteiger partial charge in [0.1, 0.15) is 6.10 Å². The SMILES string of the molecule is C=CCC(C)(C)[C@@H](OC(=O)N(CC)CC)C(=O)C(F)(F)[C@@H](O)C=C. The molecule has 0 saturated heterocycles. The zero-order chi connectivity index (χ0) is 19.1. The van der Waals surface area contributed by atoms with Gasteiger partial charge < -0.3 is 14.7 Å². The zero-order valence-electron chi connectivity index (χ0n) is 14.7. The highest BCUT2D eigenvalue weighted by Gasteiger charge is 2.53. The van der Waals surface area contributed by atoms with Gasteiger partial charge >= 0.3 is 12.0 Å². The molecule has 2 atom stereocenters. The van der Waals surface area contributed by atoms with Crippen LogP contribution in [-0.4, -0.2) is 53.1 Å². The number of hydrogen-bond acceptors (Lipinski definition) is 4. The number of amides is 1. The summed E-state index contributed by atoms with van der Waals surface area (Å²) in [6.45, 7) is 13.7. The van der Waals surface area contributed by atoms with Crippen molar-refractivity contribution in [1.82, 2.24) is 4.90 Å². The lowest BCUT2D eigenvalue weighted by atomic mass is 9.79. The highest BCUT2D eigenvalue weighted by molar-refractivity contribution is 5.92. The highest BCUT2D eigenvalue weighted by Crippen LogP contribution is 2.35. The largest absolute Gasteiger partial charge is 0.437 e. The van der Waals surface area contributed by atoms with Crippen molar-refractivity contribution < 1.29 is 28.2 Å². The Labute approximate surface area is 142 Å². The maximum atomic E-state index is 14.1. The van der Waals surface area contributed by atoms with Crippen molar-refractivity contribution in [3.05, 3.63) is 25.3 Å². The molecular formula is C17H27F2NO4. The van der Waals surface area contributed by atoms with Crippen molar-refractivity contribution in [3.63, 3.8) is 0 Å². The quantitative estimate of drug-likeness (QED) is 0.616. The fourth-order valence-electron chi connectivity index (χ4n) is 2.17. The molecule has 1 N–H and O–H groups in total. The Morgan fingerprint density at radius 1 is 1.25 bits per heavy atom. The smallest absolute Gasteiger partial charge is 0.410 e. The predicted molar refractivity (Wildman–Crippen MR) is 87.9 cm³/mol. The minimum atomic E-state index is -4.12. The Hall–Kier alpha value is -1.76. The van der Waals surface area contributed by atoms with Crippen LogP contribution in [0.5, 0.6) is 0 Å². The molecule has 0 bridgehead atoms. The molecule has 7 heteroatoms. The van der Waals surface area contributed by atoms with E-state index in [0.29, 0.717) is 19.2 Å². The minimum absolute atomic E-state index is 0.162. The minimum Gasteiger partial charge on any atom is -0.437 e. The number of ether oxygens (including phenoxy) is 1. The van der Waals surface area contributed by atoms with E-state index < -0.39 is 35.4 Å². The molecular weight excluding hydrogens is 320 g/mol. The third-order valence-electron chi connectivity index (χ3n) is 3.78. The van der Waals surface area contributed by atoms with E-state index in [-0.39, 0.29) is 6.42 Å². The van der Waals surface area contributed by atoms with Crippen molar-refractivity contribution in [2.75, 3.05) is 13.1 Å². The van der Waals surface area contributed by atoms with Gasteiger partial charge in [-0.3, -0.25) is 4.79 Å². The van der Waals surface area contributed by atoms with Crippen LogP contribution in [0, 0.1) is 5.41 Å². The average molecular weight is 347 g/mol. The molecule has 0 aliphatic carbocycles. The number of halogens is 2. The second kappa shape index (κ2) is 8.92. The summed E-state index contributed by atoms with van der Waals surface area (Å²) < 4.78 is 33.4. The van der Waals surface area contributed by atoms with E-state index in [1.165, 1.54) is 24.8 Å². The lowest BCUT2D eigenvalue weighted by Crippen LogP contribution is -2.53. The molecule has 0 rings (SSSR count). The van der Waals surface area contributed by atoms with Gasteiger partial charge in [-0.25, -0.2) is 4.79 Å². The molecule has 0 radical (unpaired) electrons. The van der Waals surface area contributed by atoms with E-state index in [1.54, 1.807) is 13.8 Å². The van der Waals surface area contributed by atoms with Gasteiger partial charge in [0.2, 0.25) is 5.78 Å². The van der Waals surface area contributed by atoms with Crippen molar-refractivity contribution >= 4 is 11.9 Å². The van der Waals surface area contributed by atoms with Gasteiger partial charge in [-0.15, -0.1) is 13.2 Å². The van der Waals surface area contributed by atoms with Gasteiger partial charge in [0.25, 0.3) is 0 Å². The maximum absolute atomic E-state index is 14.1. The summed E-state index contributed by atoms with van der Waals surface area (Å²) in [7, 11) is 0. The molecule has 24 heavy (non-hydrogen) atoms. The number of carbonyl (C=O) groups excluding carboxylic acids is 2. The molecule has 0 saturated carbocycles. The number of rotatable bonds is 10. The third kappa shape index (κ3) is 5.12. The maximum Gasteiger partial charge on any atom is 0.410 e. The highest BCUT2D eigenvalue weighted by atomic mass is 19.3. The van der Waals surface area contributed by atoms with Crippen LogP contribution in [0.4, 0.5) is 13.6 Å². The summed E-state index contributed by atoms with van der Waals surface area (Å²) in [6.07, 6.45) is -2.78. The van der Waals surface area contributed by atoms with E-state index >= 15 is 0 Å². The lowest BCUT2D eigenvalue weighted by molar-refractivity contribution is -0.170. The molecule has 1 amide bonds. The molecule has 0 aliphatic rings. The summed E-state index contributed by atoms with van der Waals surface area (Å²) in [5.74, 6) is -5.78. The molecule has 0 spiro atoms. The Morgan fingerprint density at radius 3 is 2.12 bits per heavy atom. The molecule has 0 aromatic carbocycles. The standard InChI is InChI=1S/C17H27F2NO4/c1-7-11-16(5,6)14(24-15(23)20(9-3)10-4)13(22)17(18,19)12(21)8-2/h7-8,12,14,21H,1-2,9-11H2,3-6H3/t12-,14-/m0/s1. The summed E-state index contributed by atoms with van der Waals surface area (Å²) in [6, 6.07) is 0. The van der Waals surface area contributed by atoms with Gasteiger partial charge in [-0.1, -0.05) is 26.0 Å². The zero-order valence-corrected chi connectivity index (χ0v) is 14.7. The molecule has 0 aliphatic heterocycles. The van der Waals surface area contributed by atoms with E-state index in [2.05, 4.69) is 13.2 Å². The molecule has 0 unspecified atom stereocenters. The molecule has 0 heterocycles. The van der Waals surface area contributed by atoms with Crippen LogP contribution >= 0.6 is 0 Å². The summed E-state index contributed by atoms with van der Waals surface area (Å²) in [5.41, 5.74) is -1.12. The van der Waals surface area contributed by atoms with E-state index in [1.807, 2.05) is 0 Å². The number of Topliss-reactive ketones (excluding diaryl/α,β-unsaturated/α-hetero) is 1. The van der Waals surface area contributed by atoms with Crippen LogP contribution in [0.3, 0.4) is 0 Å². The van der Waals surface area contributed by atoms with E-state index in [0.717, 1.165) is 0 Å². The summed E-state index contributed by atoms with van der Waals surface area (Å²) in [5, 5.41) is 9.38. The van der Waals surface area contributed by atoms with Gasteiger partial charge in [0.15, 0.2) is 6.10 Å². The van der Waals surface area contributed by atoms with Crippen LogP contribution < -0.4 is 0 Å². The van der Waals surface area contributed by atoms with Crippen LogP contribution in [0.25, 0.3) is 0 Å². The Balaban J connectivity index is 5.73. The first-order valence-electron chi connectivity index (χ1n) is 7.78. The van der Waals surface area contributed by atoms with E-state index in [4.69, 9.17) is 4.74 Å². The predicted octanol–water partition coefficient (Wildman–Crippen LogP) is 3.19. The number of aliphatic hydroxyl groups is 1. The summed E-state index contributed by atoms with van der Waals surface area (Å²) >= 11 is 0.